The lowest BCUT2D eigenvalue weighted by atomic mass is 9.93. The number of nitrogens with one attached hydrogen (secondary N) is 2. The predicted octanol–water partition coefficient (Wildman–Crippen LogP) is 3.09. The van der Waals surface area contributed by atoms with E-state index in [1.165, 1.54) is 26.0 Å². The van der Waals surface area contributed by atoms with Gasteiger partial charge in [0.05, 0.1) is 38.9 Å². The Labute approximate surface area is 218 Å². The van der Waals surface area contributed by atoms with Gasteiger partial charge in [0.25, 0.3) is 0 Å². The highest BCUT2D eigenvalue weighted by Gasteiger charge is 2.30. The van der Waals surface area contributed by atoms with E-state index in [2.05, 4.69) is 31.4 Å². The molecule has 1 aromatic rings. The third-order valence-corrected chi connectivity index (χ3v) is 7.36. The standard InChI is InChI=1S/C26H40N2O7S/c1-8-26(4,5)15-36-14-20(29)19(13-23(31)32)27-25(33)24(16(2)3)28-22(30)12-17-11-18(34-6)9-10-21(17)35-7/h9-11,16,19,24H,8,12-15H2,1-7H3,(H,27,33)(H,28,30)(H,31,32)/t19-,24-/m0/s1. The summed E-state index contributed by atoms with van der Waals surface area (Å²) in [5, 5.41) is 14.6. The van der Waals surface area contributed by atoms with Crippen LogP contribution < -0.4 is 20.1 Å². The minimum absolute atomic E-state index is 0.0506. The van der Waals surface area contributed by atoms with Crippen molar-refractivity contribution in [3.8, 4) is 11.5 Å². The maximum absolute atomic E-state index is 13.0. The molecule has 2 atom stereocenters. The van der Waals surface area contributed by atoms with E-state index in [9.17, 15) is 24.3 Å². The summed E-state index contributed by atoms with van der Waals surface area (Å²) in [6.45, 7) is 9.78. The van der Waals surface area contributed by atoms with Gasteiger partial charge in [0, 0.05) is 5.56 Å². The molecule has 0 saturated carbocycles. The van der Waals surface area contributed by atoms with Crippen LogP contribution >= 0.6 is 11.8 Å². The average molecular weight is 525 g/mol. The molecule has 2 amide bonds. The van der Waals surface area contributed by atoms with Crippen molar-refractivity contribution in [1.29, 1.82) is 0 Å². The van der Waals surface area contributed by atoms with E-state index in [1.54, 1.807) is 32.0 Å². The number of thioether (sulfide) groups is 1. The summed E-state index contributed by atoms with van der Waals surface area (Å²) in [7, 11) is 3.01. The van der Waals surface area contributed by atoms with Gasteiger partial charge in [-0.1, -0.05) is 41.0 Å². The highest BCUT2D eigenvalue weighted by atomic mass is 32.2. The number of ether oxygens (including phenoxy) is 2. The van der Waals surface area contributed by atoms with Crippen molar-refractivity contribution >= 4 is 35.3 Å². The average Bonchev–Trinajstić information content (AvgIpc) is 2.81. The summed E-state index contributed by atoms with van der Waals surface area (Å²) in [6, 6.07) is 2.96. The van der Waals surface area contributed by atoms with Crippen molar-refractivity contribution in [3.63, 3.8) is 0 Å². The molecule has 0 heterocycles. The SMILES string of the molecule is CCC(C)(C)CSCC(=O)[C@H](CC(=O)O)NC(=O)[C@@H](NC(=O)Cc1cc(OC)ccc1OC)C(C)C. The second kappa shape index (κ2) is 14.7. The van der Waals surface area contributed by atoms with E-state index in [-0.39, 0.29) is 29.3 Å². The van der Waals surface area contributed by atoms with Crippen LogP contribution in [0.5, 0.6) is 11.5 Å². The molecule has 10 heteroatoms. The number of carbonyl (C=O) groups is 4. The third-order valence-electron chi connectivity index (χ3n) is 5.88. The molecule has 0 aliphatic carbocycles. The fourth-order valence-corrected chi connectivity index (χ4v) is 4.53. The van der Waals surface area contributed by atoms with Crippen LogP contribution in [0.3, 0.4) is 0 Å². The maximum Gasteiger partial charge on any atom is 0.305 e. The van der Waals surface area contributed by atoms with E-state index in [4.69, 9.17) is 9.47 Å². The van der Waals surface area contributed by atoms with Crippen LogP contribution in [0.15, 0.2) is 18.2 Å². The normalized spacial score (nSPS) is 13.0. The topological polar surface area (TPSA) is 131 Å². The van der Waals surface area contributed by atoms with Gasteiger partial charge in [-0.15, -0.1) is 0 Å². The van der Waals surface area contributed by atoms with E-state index in [0.29, 0.717) is 17.1 Å². The molecule has 0 aliphatic rings. The van der Waals surface area contributed by atoms with Crippen molar-refractivity contribution in [1.82, 2.24) is 10.6 Å². The first-order valence-corrected chi connectivity index (χ1v) is 13.1. The van der Waals surface area contributed by atoms with Gasteiger partial charge in [-0.2, -0.15) is 11.8 Å². The van der Waals surface area contributed by atoms with Gasteiger partial charge in [-0.25, -0.2) is 0 Å². The van der Waals surface area contributed by atoms with Crippen LogP contribution in [0.4, 0.5) is 0 Å². The lowest BCUT2D eigenvalue weighted by Gasteiger charge is -2.25. The van der Waals surface area contributed by atoms with E-state index in [0.717, 1.165) is 12.2 Å². The molecule has 0 radical (unpaired) electrons. The Morgan fingerprint density at radius 2 is 1.75 bits per heavy atom. The van der Waals surface area contributed by atoms with E-state index >= 15 is 0 Å². The number of carboxylic acid groups (broad SMARTS) is 1. The molecule has 3 N–H and O–H groups in total. The number of methoxy groups -OCH3 is 2. The third kappa shape index (κ3) is 10.5. The molecular formula is C26H40N2O7S. The second-order valence-electron chi connectivity index (χ2n) is 9.78. The number of amides is 2. The number of carbonyl (C=O) groups excluding carboxylic acids is 3. The molecule has 1 rings (SSSR count). The molecule has 1 aromatic carbocycles. The van der Waals surface area contributed by atoms with Gasteiger partial charge in [0.2, 0.25) is 11.8 Å². The number of hydrogen-bond donors (Lipinski definition) is 3. The monoisotopic (exact) mass is 524 g/mol. The lowest BCUT2D eigenvalue weighted by Crippen LogP contribution is -2.54. The van der Waals surface area contributed by atoms with Gasteiger partial charge in [-0.3, -0.25) is 19.2 Å². The first kappa shape index (κ1) is 31.3. The number of aliphatic carboxylic acids is 1. The Morgan fingerprint density at radius 1 is 1.08 bits per heavy atom. The number of benzene rings is 1. The Bertz CT molecular complexity index is 918. The van der Waals surface area contributed by atoms with Gasteiger partial charge < -0.3 is 25.2 Å². The highest BCUT2D eigenvalue weighted by molar-refractivity contribution is 8.00. The van der Waals surface area contributed by atoms with Gasteiger partial charge in [-0.05, 0) is 35.3 Å². The predicted molar refractivity (Wildman–Crippen MR) is 141 cm³/mol. The molecule has 36 heavy (non-hydrogen) atoms. The molecular weight excluding hydrogens is 484 g/mol. The largest absolute Gasteiger partial charge is 0.497 e. The first-order chi connectivity index (χ1) is 16.8. The fourth-order valence-electron chi connectivity index (χ4n) is 3.26. The van der Waals surface area contributed by atoms with Crippen molar-refractivity contribution in [2.24, 2.45) is 11.3 Å². The molecule has 9 nitrogen and oxygen atoms in total. The molecule has 0 bridgehead atoms. The Morgan fingerprint density at radius 3 is 2.28 bits per heavy atom. The van der Waals surface area contributed by atoms with Crippen molar-refractivity contribution in [2.45, 2.75) is 66.0 Å². The zero-order valence-corrected chi connectivity index (χ0v) is 23.1. The summed E-state index contributed by atoms with van der Waals surface area (Å²) in [4.78, 5) is 50.0. The molecule has 202 valence electrons. The number of carboxylic acids is 1. The second-order valence-corrected chi connectivity index (χ2v) is 10.8. The zero-order chi connectivity index (χ0) is 27.5. The zero-order valence-electron chi connectivity index (χ0n) is 22.3. The molecule has 0 fully saturated rings. The Balaban J connectivity index is 2.91. The van der Waals surface area contributed by atoms with Crippen LogP contribution in [0.25, 0.3) is 0 Å². The molecule has 0 aliphatic heterocycles. The summed E-state index contributed by atoms with van der Waals surface area (Å²) in [6.07, 6.45) is 0.362. The minimum atomic E-state index is -1.19. The van der Waals surface area contributed by atoms with Crippen LogP contribution in [-0.2, 0) is 25.6 Å². The Hall–Kier alpha value is -2.75. The van der Waals surface area contributed by atoms with Crippen molar-refractivity contribution < 1.29 is 33.8 Å². The van der Waals surface area contributed by atoms with E-state index in [1.807, 2.05) is 0 Å². The summed E-state index contributed by atoms with van der Waals surface area (Å²) >= 11 is 1.42. The first-order valence-electron chi connectivity index (χ1n) is 12.0. The lowest BCUT2D eigenvalue weighted by molar-refractivity contribution is -0.140. The summed E-state index contributed by atoms with van der Waals surface area (Å²) < 4.78 is 10.5. The molecule has 0 unspecified atom stereocenters. The summed E-state index contributed by atoms with van der Waals surface area (Å²) in [5.74, 6) is -0.985. The maximum atomic E-state index is 13.0. The molecule has 0 spiro atoms. The van der Waals surface area contributed by atoms with Crippen LogP contribution in [-0.4, -0.2) is 66.5 Å². The van der Waals surface area contributed by atoms with Gasteiger partial charge in [0.1, 0.15) is 17.5 Å². The van der Waals surface area contributed by atoms with E-state index < -0.39 is 36.3 Å². The van der Waals surface area contributed by atoms with Gasteiger partial charge >= 0.3 is 5.97 Å². The minimum Gasteiger partial charge on any atom is -0.497 e. The quantitative estimate of drug-likeness (QED) is 0.301. The van der Waals surface area contributed by atoms with Crippen LogP contribution in [0.1, 0.15) is 53.0 Å². The number of Topliss-reactive ketones (excluding diaryl/α,β-unsaturated/α-hetero) is 1. The number of hydrogen-bond acceptors (Lipinski definition) is 7. The number of ketones is 1. The fraction of sp³-hybridized carbons (Fsp3) is 0.615. The van der Waals surface area contributed by atoms with Gasteiger partial charge in [0.15, 0.2) is 5.78 Å². The van der Waals surface area contributed by atoms with Crippen molar-refractivity contribution in [3.05, 3.63) is 23.8 Å². The van der Waals surface area contributed by atoms with Crippen molar-refractivity contribution in [2.75, 3.05) is 25.7 Å². The smallest absolute Gasteiger partial charge is 0.305 e. The summed E-state index contributed by atoms with van der Waals surface area (Å²) in [5.41, 5.74) is 0.637. The van der Waals surface area contributed by atoms with Crippen LogP contribution in [0.2, 0.25) is 0 Å². The molecule has 0 saturated heterocycles. The van der Waals surface area contributed by atoms with Crippen LogP contribution in [0, 0.1) is 11.3 Å². The Kier molecular flexibility index (Phi) is 12.8. The highest BCUT2D eigenvalue weighted by Crippen LogP contribution is 2.26. The number of rotatable bonds is 16. The molecule has 0 aromatic heterocycles.